The molecule has 20 heavy (non-hydrogen) atoms. The number of sulfonamides is 1. The van der Waals surface area contributed by atoms with Crippen LogP contribution in [0, 0.1) is 5.82 Å². The zero-order chi connectivity index (χ0) is 15.5. The van der Waals surface area contributed by atoms with E-state index in [9.17, 15) is 17.6 Å². The Labute approximate surface area is 117 Å². The number of nitrogen functional groups attached to an aromatic ring is 1. The Hall–Kier alpha value is -1.67. The Morgan fingerprint density at radius 1 is 1.45 bits per heavy atom. The average molecular weight is 303 g/mol. The molecule has 112 valence electrons. The van der Waals surface area contributed by atoms with Crippen LogP contribution in [-0.2, 0) is 14.8 Å². The number of nitrogens with zero attached hydrogens (tertiary/aromatic N) is 1. The quantitative estimate of drug-likeness (QED) is 0.777. The second-order valence-electron chi connectivity index (χ2n) is 4.67. The molecule has 1 aromatic rings. The highest BCUT2D eigenvalue weighted by Gasteiger charge is 2.25. The standard InChI is InChI=1S/C12H18FN3O3S/c1-8(2)15-12(17)7-16(3)20(18,19)11-5-4-9(13)6-10(11)14/h4-6,8H,7,14H2,1-3H3,(H,15,17). The van der Waals surface area contributed by atoms with Gasteiger partial charge in [0.05, 0.1) is 12.2 Å². The highest BCUT2D eigenvalue weighted by atomic mass is 32.2. The average Bonchev–Trinajstić information content (AvgIpc) is 2.26. The van der Waals surface area contributed by atoms with Gasteiger partial charge in [0.15, 0.2) is 0 Å². The molecule has 0 spiro atoms. The molecule has 1 rings (SSSR count). The van der Waals surface area contributed by atoms with Gasteiger partial charge in [0.1, 0.15) is 10.7 Å². The number of benzene rings is 1. The Kier molecular flexibility index (Phi) is 5.07. The fraction of sp³-hybridized carbons (Fsp3) is 0.417. The van der Waals surface area contributed by atoms with Gasteiger partial charge in [-0.2, -0.15) is 4.31 Å². The molecule has 0 aliphatic carbocycles. The lowest BCUT2D eigenvalue weighted by atomic mass is 10.3. The number of hydrogen-bond acceptors (Lipinski definition) is 4. The molecular formula is C12H18FN3O3S. The molecule has 6 nitrogen and oxygen atoms in total. The van der Waals surface area contributed by atoms with Crippen molar-refractivity contribution in [3.8, 4) is 0 Å². The fourth-order valence-corrected chi connectivity index (χ4v) is 2.80. The maximum absolute atomic E-state index is 12.9. The van der Waals surface area contributed by atoms with Crippen LogP contribution >= 0.6 is 0 Å². The van der Waals surface area contributed by atoms with Crippen molar-refractivity contribution < 1.29 is 17.6 Å². The van der Waals surface area contributed by atoms with Gasteiger partial charge in [0.25, 0.3) is 0 Å². The summed E-state index contributed by atoms with van der Waals surface area (Å²) in [7, 11) is -2.67. The normalized spacial score (nSPS) is 11.9. The third-order valence-electron chi connectivity index (χ3n) is 2.48. The van der Waals surface area contributed by atoms with Crippen LogP contribution in [0.25, 0.3) is 0 Å². The van der Waals surface area contributed by atoms with Crippen LogP contribution in [0.2, 0.25) is 0 Å². The second kappa shape index (κ2) is 6.19. The Bertz CT molecular complexity index is 602. The predicted octanol–water partition coefficient (Wildman–Crippen LogP) is 0.553. The predicted molar refractivity (Wildman–Crippen MR) is 73.9 cm³/mol. The van der Waals surface area contributed by atoms with E-state index in [-0.39, 0.29) is 23.2 Å². The molecule has 0 aliphatic rings. The SMILES string of the molecule is CC(C)NC(=O)CN(C)S(=O)(=O)c1ccc(F)cc1N. The molecule has 0 aromatic heterocycles. The minimum atomic E-state index is -3.94. The van der Waals surface area contributed by atoms with Gasteiger partial charge in [-0.25, -0.2) is 12.8 Å². The highest BCUT2D eigenvalue weighted by molar-refractivity contribution is 7.89. The van der Waals surface area contributed by atoms with E-state index >= 15 is 0 Å². The van der Waals surface area contributed by atoms with Crippen molar-refractivity contribution in [2.75, 3.05) is 19.3 Å². The molecular weight excluding hydrogens is 285 g/mol. The summed E-state index contributed by atoms with van der Waals surface area (Å²) in [6.07, 6.45) is 0. The van der Waals surface area contributed by atoms with Gasteiger partial charge in [-0.15, -0.1) is 0 Å². The Morgan fingerprint density at radius 3 is 2.55 bits per heavy atom. The first-order valence-electron chi connectivity index (χ1n) is 5.95. The van der Waals surface area contributed by atoms with Gasteiger partial charge in [-0.1, -0.05) is 0 Å². The van der Waals surface area contributed by atoms with Gasteiger partial charge in [0, 0.05) is 13.1 Å². The number of amides is 1. The van der Waals surface area contributed by atoms with Crippen molar-refractivity contribution in [3.05, 3.63) is 24.0 Å². The van der Waals surface area contributed by atoms with Crippen molar-refractivity contribution in [2.24, 2.45) is 0 Å². The number of halogens is 1. The minimum Gasteiger partial charge on any atom is -0.398 e. The first kappa shape index (κ1) is 16.4. The molecule has 0 unspecified atom stereocenters. The molecule has 1 aromatic carbocycles. The fourth-order valence-electron chi connectivity index (χ4n) is 1.58. The molecule has 8 heteroatoms. The number of carbonyl (C=O) groups excluding carboxylic acids is 1. The second-order valence-corrected chi connectivity index (χ2v) is 6.68. The van der Waals surface area contributed by atoms with Crippen LogP contribution in [0.5, 0.6) is 0 Å². The number of nitrogens with one attached hydrogen (secondary N) is 1. The summed E-state index contributed by atoms with van der Waals surface area (Å²) >= 11 is 0. The van der Waals surface area contributed by atoms with Crippen molar-refractivity contribution in [1.82, 2.24) is 9.62 Å². The third-order valence-corrected chi connectivity index (χ3v) is 4.35. The van der Waals surface area contributed by atoms with Crippen LogP contribution in [0.15, 0.2) is 23.1 Å². The highest BCUT2D eigenvalue weighted by Crippen LogP contribution is 2.22. The zero-order valence-electron chi connectivity index (χ0n) is 11.6. The number of hydrogen-bond donors (Lipinski definition) is 2. The summed E-state index contributed by atoms with van der Waals surface area (Å²) in [6, 6.07) is 2.92. The van der Waals surface area contributed by atoms with Crippen molar-refractivity contribution in [1.29, 1.82) is 0 Å². The molecule has 0 fully saturated rings. The number of nitrogens with two attached hydrogens (primary N) is 1. The van der Waals surface area contributed by atoms with Gasteiger partial charge in [-0.3, -0.25) is 4.79 Å². The largest absolute Gasteiger partial charge is 0.398 e. The van der Waals surface area contributed by atoms with E-state index in [1.165, 1.54) is 7.05 Å². The van der Waals surface area contributed by atoms with Crippen LogP contribution in [0.4, 0.5) is 10.1 Å². The van der Waals surface area contributed by atoms with Crippen molar-refractivity contribution >= 4 is 21.6 Å². The van der Waals surface area contributed by atoms with Crippen molar-refractivity contribution in [3.63, 3.8) is 0 Å². The summed E-state index contributed by atoms with van der Waals surface area (Å²) in [5, 5.41) is 2.58. The van der Waals surface area contributed by atoms with E-state index < -0.39 is 21.7 Å². The number of carbonyl (C=O) groups is 1. The molecule has 0 saturated carbocycles. The van der Waals surface area contributed by atoms with E-state index in [0.29, 0.717) is 0 Å². The molecule has 3 N–H and O–H groups in total. The van der Waals surface area contributed by atoms with Gasteiger partial charge >= 0.3 is 0 Å². The summed E-state index contributed by atoms with van der Waals surface area (Å²) in [4.78, 5) is 11.3. The van der Waals surface area contributed by atoms with E-state index in [0.717, 1.165) is 22.5 Å². The molecule has 0 saturated heterocycles. The lowest BCUT2D eigenvalue weighted by Crippen LogP contribution is -2.40. The first-order valence-corrected chi connectivity index (χ1v) is 7.39. The number of likely N-dealkylation sites (N-methyl/N-ethyl adjacent to an activating group) is 1. The van der Waals surface area contributed by atoms with Gasteiger partial charge in [0.2, 0.25) is 15.9 Å². The maximum Gasteiger partial charge on any atom is 0.245 e. The Balaban J connectivity index is 2.95. The summed E-state index contributed by atoms with van der Waals surface area (Å²) < 4.78 is 38.3. The van der Waals surface area contributed by atoms with Crippen LogP contribution < -0.4 is 11.1 Å². The number of rotatable bonds is 5. The summed E-state index contributed by atoms with van der Waals surface area (Å²) in [6.45, 7) is 3.20. The number of anilines is 1. The monoisotopic (exact) mass is 303 g/mol. The van der Waals surface area contributed by atoms with Crippen LogP contribution in [0.3, 0.4) is 0 Å². The molecule has 0 radical (unpaired) electrons. The van der Waals surface area contributed by atoms with Crippen molar-refractivity contribution in [2.45, 2.75) is 24.8 Å². The topological polar surface area (TPSA) is 92.5 Å². The lowest BCUT2D eigenvalue weighted by Gasteiger charge is -2.18. The molecule has 0 aliphatic heterocycles. The van der Waals surface area contributed by atoms with E-state index in [1.807, 2.05) is 0 Å². The zero-order valence-corrected chi connectivity index (χ0v) is 12.4. The Morgan fingerprint density at radius 2 is 2.05 bits per heavy atom. The molecule has 0 bridgehead atoms. The van der Waals surface area contributed by atoms with Gasteiger partial charge < -0.3 is 11.1 Å². The third kappa shape index (κ3) is 3.91. The summed E-state index contributed by atoms with van der Waals surface area (Å²) in [5.74, 6) is -1.05. The van der Waals surface area contributed by atoms with E-state index in [2.05, 4.69) is 5.32 Å². The van der Waals surface area contributed by atoms with Crippen LogP contribution in [-0.4, -0.2) is 38.3 Å². The minimum absolute atomic E-state index is 0.0884. The van der Waals surface area contributed by atoms with E-state index in [4.69, 9.17) is 5.73 Å². The molecule has 0 heterocycles. The van der Waals surface area contributed by atoms with Crippen LogP contribution in [0.1, 0.15) is 13.8 Å². The van der Waals surface area contributed by atoms with E-state index in [1.54, 1.807) is 13.8 Å². The molecule has 1 amide bonds. The molecule has 0 atom stereocenters. The first-order chi connectivity index (χ1) is 9.14. The van der Waals surface area contributed by atoms with Gasteiger partial charge in [-0.05, 0) is 32.0 Å². The smallest absolute Gasteiger partial charge is 0.245 e. The summed E-state index contributed by atoms with van der Waals surface area (Å²) in [5.41, 5.74) is 5.32. The maximum atomic E-state index is 12.9. The lowest BCUT2D eigenvalue weighted by molar-refractivity contribution is -0.121.